The van der Waals surface area contributed by atoms with Crippen molar-refractivity contribution >= 4 is 0 Å². The van der Waals surface area contributed by atoms with Crippen LogP contribution in [0, 0.1) is 23.7 Å². The monoisotopic (exact) mass is 283 g/mol. The molecule has 0 aromatic heterocycles. The molecule has 1 aliphatic carbocycles. The molecule has 0 aliphatic heterocycles. The molecule has 0 aromatic rings. The van der Waals surface area contributed by atoms with Gasteiger partial charge in [0, 0.05) is 6.54 Å². The third-order valence-electron chi connectivity index (χ3n) is 4.54. The fourth-order valence-electron chi connectivity index (χ4n) is 2.37. The number of aliphatic hydroxyl groups is 1. The summed E-state index contributed by atoms with van der Waals surface area (Å²) >= 11 is 0. The van der Waals surface area contributed by atoms with E-state index in [-0.39, 0.29) is 0 Å². The smallest absolute Gasteiger partial charge is 0.0897 e. The molecule has 118 valence electrons. The molecule has 0 radical (unpaired) electrons. The number of nitrogens with one attached hydrogen (secondary N) is 1. The van der Waals surface area contributed by atoms with Crippen molar-refractivity contribution in [1.82, 2.24) is 5.32 Å². The molecule has 0 saturated carbocycles. The van der Waals surface area contributed by atoms with Crippen LogP contribution in [0.2, 0.25) is 0 Å². The first-order chi connectivity index (χ1) is 9.50. The molecule has 20 heavy (non-hydrogen) atoms. The van der Waals surface area contributed by atoms with E-state index in [0.717, 1.165) is 26.0 Å². The molecule has 0 fully saturated rings. The van der Waals surface area contributed by atoms with Crippen molar-refractivity contribution in [2.75, 3.05) is 26.3 Å². The lowest BCUT2D eigenvalue weighted by Gasteiger charge is -2.25. The van der Waals surface area contributed by atoms with Crippen molar-refractivity contribution < 1.29 is 9.84 Å². The zero-order valence-corrected chi connectivity index (χ0v) is 13.6. The van der Waals surface area contributed by atoms with E-state index in [4.69, 9.17) is 4.74 Å². The number of rotatable bonds is 9. The van der Waals surface area contributed by atoms with Crippen LogP contribution in [0.25, 0.3) is 0 Å². The third kappa shape index (κ3) is 6.87. The molecule has 0 spiro atoms. The maximum absolute atomic E-state index is 9.89. The van der Waals surface area contributed by atoms with Gasteiger partial charge in [0.05, 0.1) is 19.3 Å². The van der Waals surface area contributed by atoms with Gasteiger partial charge in [-0.15, -0.1) is 0 Å². The number of hydrogen-bond acceptors (Lipinski definition) is 3. The number of aliphatic hydroxyl groups excluding tert-OH is 1. The van der Waals surface area contributed by atoms with Crippen molar-refractivity contribution in [3.63, 3.8) is 0 Å². The lowest BCUT2D eigenvalue weighted by molar-refractivity contribution is 0.0125. The Balaban J connectivity index is 2.05. The molecule has 4 unspecified atom stereocenters. The minimum atomic E-state index is -0.399. The van der Waals surface area contributed by atoms with Gasteiger partial charge in [0.1, 0.15) is 0 Å². The summed E-state index contributed by atoms with van der Waals surface area (Å²) in [5, 5.41) is 13.2. The first-order valence-corrected chi connectivity index (χ1v) is 8.12. The molecule has 3 heteroatoms. The third-order valence-corrected chi connectivity index (χ3v) is 4.54. The molecule has 4 atom stereocenters. The van der Waals surface area contributed by atoms with Crippen LogP contribution >= 0.6 is 0 Å². The van der Waals surface area contributed by atoms with Gasteiger partial charge < -0.3 is 15.2 Å². The lowest BCUT2D eigenvalue weighted by atomic mass is 9.85. The predicted octanol–water partition coefficient (Wildman–Crippen LogP) is 2.85. The van der Waals surface area contributed by atoms with Crippen LogP contribution in [0.1, 0.15) is 40.5 Å². The van der Waals surface area contributed by atoms with Crippen LogP contribution in [0.4, 0.5) is 0 Å². The highest BCUT2D eigenvalue weighted by Crippen LogP contribution is 2.24. The largest absolute Gasteiger partial charge is 0.389 e. The molecular weight excluding hydrogens is 250 g/mol. The van der Waals surface area contributed by atoms with E-state index in [1.54, 1.807) is 0 Å². The van der Waals surface area contributed by atoms with E-state index in [1.165, 1.54) is 0 Å². The molecule has 0 saturated heterocycles. The van der Waals surface area contributed by atoms with E-state index in [2.05, 4.69) is 45.2 Å². The molecule has 3 nitrogen and oxygen atoms in total. The maximum atomic E-state index is 9.89. The predicted molar refractivity (Wildman–Crippen MR) is 84.7 cm³/mol. The van der Waals surface area contributed by atoms with E-state index in [1.807, 2.05) is 0 Å². The first kappa shape index (κ1) is 17.7. The van der Waals surface area contributed by atoms with Crippen LogP contribution in [0.5, 0.6) is 0 Å². The second-order valence-electron chi connectivity index (χ2n) is 6.75. The fraction of sp³-hybridized carbons (Fsp3) is 0.882. The van der Waals surface area contributed by atoms with Gasteiger partial charge in [-0.1, -0.05) is 39.8 Å². The topological polar surface area (TPSA) is 41.5 Å². The Kier molecular flexibility index (Phi) is 8.43. The Labute approximate surface area is 124 Å². The highest BCUT2D eigenvalue weighted by atomic mass is 16.5. The minimum Gasteiger partial charge on any atom is -0.389 e. The standard InChI is InChI=1S/C17H33NO2/c1-13(2)15(4)9-18-10-17(19)12-20-11-16-8-6-5-7-14(16)3/h5-6,13-19H,7-12H2,1-4H3. The summed E-state index contributed by atoms with van der Waals surface area (Å²) in [7, 11) is 0. The summed E-state index contributed by atoms with van der Waals surface area (Å²) in [5.41, 5.74) is 0. The highest BCUT2D eigenvalue weighted by Gasteiger charge is 2.18. The van der Waals surface area contributed by atoms with Gasteiger partial charge in [-0.2, -0.15) is 0 Å². The Hall–Kier alpha value is -0.380. The Bertz CT molecular complexity index is 278. The summed E-state index contributed by atoms with van der Waals surface area (Å²) in [6.07, 6.45) is 6.38. The van der Waals surface area contributed by atoms with E-state index < -0.39 is 6.10 Å². The van der Waals surface area contributed by atoms with Gasteiger partial charge in [-0.25, -0.2) is 0 Å². The second kappa shape index (κ2) is 9.54. The SMILES string of the molecule is CC(C)C(C)CNCC(O)COCC1CC=CCC1C. The fourth-order valence-corrected chi connectivity index (χ4v) is 2.37. The highest BCUT2D eigenvalue weighted by molar-refractivity contribution is 4.93. The van der Waals surface area contributed by atoms with E-state index >= 15 is 0 Å². The van der Waals surface area contributed by atoms with E-state index in [0.29, 0.717) is 36.8 Å². The van der Waals surface area contributed by atoms with Crippen LogP contribution in [0.15, 0.2) is 12.2 Å². The summed E-state index contributed by atoms with van der Waals surface area (Å²) < 4.78 is 5.69. The van der Waals surface area contributed by atoms with Gasteiger partial charge >= 0.3 is 0 Å². The molecule has 1 aliphatic rings. The minimum absolute atomic E-state index is 0.399. The van der Waals surface area contributed by atoms with Gasteiger partial charge in [0.2, 0.25) is 0 Å². The normalized spacial score (nSPS) is 25.9. The molecule has 1 rings (SSSR count). The second-order valence-corrected chi connectivity index (χ2v) is 6.75. The molecule has 0 heterocycles. The summed E-state index contributed by atoms with van der Waals surface area (Å²) in [4.78, 5) is 0. The quantitative estimate of drug-likeness (QED) is 0.639. The lowest BCUT2D eigenvalue weighted by Crippen LogP contribution is -2.34. The van der Waals surface area contributed by atoms with Crippen molar-refractivity contribution in [1.29, 1.82) is 0 Å². The Morgan fingerprint density at radius 3 is 2.55 bits per heavy atom. The molecule has 0 bridgehead atoms. The average Bonchev–Trinajstić information content (AvgIpc) is 2.40. The first-order valence-electron chi connectivity index (χ1n) is 8.12. The van der Waals surface area contributed by atoms with Crippen LogP contribution in [-0.4, -0.2) is 37.5 Å². The Morgan fingerprint density at radius 2 is 1.90 bits per heavy atom. The molecule has 0 amide bonds. The summed E-state index contributed by atoms with van der Waals surface area (Å²) in [6, 6.07) is 0. The van der Waals surface area contributed by atoms with Crippen molar-refractivity contribution in [3.05, 3.63) is 12.2 Å². The number of allylic oxidation sites excluding steroid dienone is 2. The van der Waals surface area contributed by atoms with Gasteiger partial charge in [-0.3, -0.25) is 0 Å². The summed E-state index contributed by atoms with van der Waals surface area (Å²) in [5.74, 6) is 2.62. The zero-order valence-electron chi connectivity index (χ0n) is 13.6. The van der Waals surface area contributed by atoms with E-state index in [9.17, 15) is 5.11 Å². The zero-order chi connectivity index (χ0) is 15.0. The van der Waals surface area contributed by atoms with Crippen molar-refractivity contribution in [2.24, 2.45) is 23.7 Å². The summed E-state index contributed by atoms with van der Waals surface area (Å²) in [6.45, 7) is 11.8. The number of hydrogen-bond donors (Lipinski definition) is 2. The van der Waals surface area contributed by atoms with Crippen LogP contribution in [-0.2, 0) is 4.74 Å². The maximum Gasteiger partial charge on any atom is 0.0897 e. The Morgan fingerprint density at radius 1 is 1.20 bits per heavy atom. The van der Waals surface area contributed by atoms with Crippen molar-refractivity contribution in [2.45, 2.75) is 46.6 Å². The van der Waals surface area contributed by atoms with Crippen LogP contribution in [0.3, 0.4) is 0 Å². The average molecular weight is 283 g/mol. The number of ether oxygens (including phenoxy) is 1. The van der Waals surface area contributed by atoms with Crippen molar-refractivity contribution in [3.8, 4) is 0 Å². The molecular formula is C17H33NO2. The van der Waals surface area contributed by atoms with Crippen LogP contribution < -0.4 is 5.32 Å². The van der Waals surface area contributed by atoms with Gasteiger partial charge in [0.25, 0.3) is 0 Å². The van der Waals surface area contributed by atoms with Gasteiger partial charge in [-0.05, 0) is 43.1 Å². The molecule has 2 N–H and O–H groups in total. The molecule has 0 aromatic carbocycles. The van der Waals surface area contributed by atoms with Gasteiger partial charge in [0.15, 0.2) is 0 Å².